The number of aromatic nitrogens is 3. The molecule has 6 heteroatoms. The molecule has 0 saturated carbocycles. The number of H-pyrrole nitrogens is 1. The molecule has 0 aliphatic heterocycles. The van der Waals surface area contributed by atoms with E-state index >= 15 is 0 Å². The fourth-order valence-electron chi connectivity index (χ4n) is 2.08. The third-order valence-electron chi connectivity index (χ3n) is 3.15. The molecule has 0 fully saturated rings. The van der Waals surface area contributed by atoms with Gasteiger partial charge in [-0.25, -0.2) is 4.79 Å². The van der Waals surface area contributed by atoms with Crippen molar-refractivity contribution in [3.8, 4) is 16.9 Å². The molecular formula is C16H13N3O3. The third-order valence-corrected chi connectivity index (χ3v) is 3.15. The van der Waals surface area contributed by atoms with Gasteiger partial charge in [0.05, 0.1) is 11.8 Å². The number of aromatic amines is 1. The summed E-state index contributed by atoms with van der Waals surface area (Å²) in [7, 11) is 0. The van der Waals surface area contributed by atoms with Gasteiger partial charge < -0.3 is 9.84 Å². The molecule has 22 heavy (non-hydrogen) atoms. The monoisotopic (exact) mass is 295 g/mol. The molecule has 2 aromatic carbocycles. The van der Waals surface area contributed by atoms with Crippen LogP contribution in [0.25, 0.3) is 11.1 Å². The number of carboxylic acid groups (broad SMARTS) is 1. The quantitative estimate of drug-likeness (QED) is 0.755. The Hall–Kier alpha value is -3.15. The SMILES string of the molecule is O=C(O)c1ccc(-c2ccccc2)c(OCc2cn[nH]n2)c1. The predicted octanol–water partition coefficient (Wildman–Crippen LogP) is 2.75. The van der Waals surface area contributed by atoms with Gasteiger partial charge in [0.25, 0.3) is 0 Å². The minimum absolute atomic E-state index is 0.176. The summed E-state index contributed by atoms with van der Waals surface area (Å²) in [5.41, 5.74) is 2.60. The van der Waals surface area contributed by atoms with Gasteiger partial charge in [0.2, 0.25) is 0 Å². The van der Waals surface area contributed by atoms with Gasteiger partial charge in [0, 0.05) is 5.56 Å². The van der Waals surface area contributed by atoms with Gasteiger partial charge >= 0.3 is 5.97 Å². The summed E-state index contributed by atoms with van der Waals surface area (Å²) in [6.07, 6.45) is 1.56. The lowest BCUT2D eigenvalue weighted by atomic mass is 10.0. The van der Waals surface area contributed by atoms with Gasteiger partial charge in [0.15, 0.2) is 0 Å². The number of hydrogen-bond donors (Lipinski definition) is 2. The summed E-state index contributed by atoms with van der Waals surface area (Å²) < 4.78 is 5.74. The molecule has 0 atom stereocenters. The lowest BCUT2D eigenvalue weighted by Gasteiger charge is -2.12. The maximum atomic E-state index is 11.2. The van der Waals surface area contributed by atoms with Crippen molar-refractivity contribution in [3.63, 3.8) is 0 Å². The first-order chi connectivity index (χ1) is 10.7. The van der Waals surface area contributed by atoms with Crippen molar-refractivity contribution in [1.82, 2.24) is 15.4 Å². The summed E-state index contributed by atoms with van der Waals surface area (Å²) in [6.45, 7) is 0.208. The van der Waals surface area contributed by atoms with Crippen LogP contribution in [0.5, 0.6) is 5.75 Å². The first-order valence-corrected chi connectivity index (χ1v) is 6.64. The molecule has 6 nitrogen and oxygen atoms in total. The Morgan fingerprint density at radius 3 is 2.68 bits per heavy atom. The molecule has 2 N–H and O–H groups in total. The number of ether oxygens (including phenoxy) is 1. The van der Waals surface area contributed by atoms with Crippen LogP contribution in [0.4, 0.5) is 0 Å². The van der Waals surface area contributed by atoms with E-state index in [9.17, 15) is 4.79 Å². The van der Waals surface area contributed by atoms with Gasteiger partial charge in [-0.1, -0.05) is 30.3 Å². The lowest BCUT2D eigenvalue weighted by Crippen LogP contribution is -2.01. The molecule has 1 heterocycles. The van der Waals surface area contributed by atoms with Crippen LogP contribution in [-0.4, -0.2) is 26.5 Å². The van der Waals surface area contributed by atoms with E-state index < -0.39 is 5.97 Å². The fourth-order valence-corrected chi connectivity index (χ4v) is 2.08. The van der Waals surface area contributed by atoms with Gasteiger partial charge in [0.1, 0.15) is 18.1 Å². The molecule has 0 bridgehead atoms. The van der Waals surface area contributed by atoms with E-state index in [1.165, 1.54) is 6.07 Å². The molecular weight excluding hydrogens is 282 g/mol. The van der Waals surface area contributed by atoms with E-state index in [1.54, 1.807) is 18.3 Å². The lowest BCUT2D eigenvalue weighted by molar-refractivity contribution is 0.0696. The number of rotatable bonds is 5. The van der Waals surface area contributed by atoms with Crippen LogP contribution in [0.15, 0.2) is 54.7 Å². The molecule has 0 aliphatic rings. The van der Waals surface area contributed by atoms with Gasteiger partial charge in [-0.3, -0.25) is 0 Å². The summed E-state index contributed by atoms with van der Waals surface area (Å²) in [5.74, 6) is -0.500. The van der Waals surface area contributed by atoms with Crippen LogP contribution in [0.2, 0.25) is 0 Å². The van der Waals surface area contributed by atoms with Gasteiger partial charge in [-0.15, -0.1) is 0 Å². The van der Waals surface area contributed by atoms with E-state index in [1.807, 2.05) is 30.3 Å². The maximum absolute atomic E-state index is 11.2. The second-order valence-electron chi connectivity index (χ2n) is 4.63. The first-order valence-electron chi connectivity index (χ1n) is 6.64. The number of hydrogen-bond acceptors (Lipinski definition) is 4. The van der Waals surface area contributed by atoms with E-state index in [0.717, 1.165) is 11.1 Å². The van der Waals surface area contributed by atoms with E-state index in [-0.39, 0.29) is 12.2 Å². The topological polar surface area (TPSA) is 88.1 Å². The number of aromatic carboxylic acids is 1. The predicted molar refractivity (Wildman–Crippen MR) is 79.6 cm³/mol. The number of carboxylic acids is 1. The molecule has 0 spiro atoms. The molecule has 0 unspecified atom stereocenters. The van der Waals surface area contributed by atoms with Gasteiger partial charge in [-0.2, -0.15) is 15.4 Å². The zero-order valence-electron chi connectivity index (χ0n) is 11.6. The molecule has 0 amide bonds. The van der Waals surface area contributed by atoms with Crippen LogP contribution in [0.3, 0.4) is 0 Å². The Balaban J connectivity index is 1.96. The first kappa shape index (κ1) is 13.8. The van der Waals surface area contributed by atoms with E-state index in [4.69, 9.17) is 9.84 Å². The summed E-state index contributed by atoms with van der Waals surface area (Å²) in [4.78, 5) is 11.2. The normalized spacial score (nSPS) is 10.4. The number of nitrogens with zero attached hydrogens (tertiary/aromatic N) is 2. The Labute approximate surface area is 126 Å². The Morgan fingerprint density at radius 2 is 2.00 bits per heavy atom. The number of benzene rings is 2. The molecule has 3 rings (SSSR count). The van der Waals surface area contributed by atoms with Crippen LogP contribution < -0.4 is 4.74 Å². The van der Waals surface area contributed by atoms with Crippen LogP contribution in [0, 0.1) is 0 Å². The van der Waals surface area contributed by atoms with Crippen molar-refractivity contribution < 1.29 is 14.6 Å². The van der Waals surface area contributed by atoms with E-state index in [2.05, 4.69) is 15.4 Å². The zero-order chi connectivity index (χ0) is 15.4. The average Bonchev–Trinajstić information content (AvgIpc) is 3.07. The Bertz CT molecular complexity index is 771. The summed E-state index contributed by atoms with van der Waals surface area (Å²) in [6, 6.07) is 14.5. The summed E-state index contributed by atoms with van der Waals surface area (Å²) >= 11 is 0. The van der Waals surface area contributed by atoms with Crippen LogP contribution in [-0.2, 0) is 6.61 Å². The van der Waals surface area contributed by atoms with Crippen molar-refractivity contribution in [1.29, 1.82) is 0 Å². The zero-order valence-corrected chi connectivity index (χ0v) is 11.6. The van der Waals surface area contributed by atoms with Gasteiger partial charge in [-0.05, 0) is 23.8 Å². The highest BCUT2D eigenvalue weighted by molar-refractivity contribution is 5.89. The third kappa shape index (κ3) is 2.95. The largest absolute Gasteiger partial charge is 0.486 e. The molecule has 1 aromatic heterocycles. The van der Waals surface area contributed by atoms with Crippen LogP contribution >= 0.6 is 0 Å². The number of carbonyl (C=O) groups is 1. The highest BCUT2D eigenvalue weighted by atomic mass is 16.5. The minimum atomic E-state index is -0.995. The van der Waals surface area contributed by atoms with Crippen LogP contribution in [0.1, 0.15) is 16.1 Å². The fraction of sp³-hybridized carbons (Fsp3) is 0.0625. The van der Waals surface area contributed by atoms with Crippen molar-refractivity contribution in [2.45, 2.75) is 6.61 Å². The maximum Gasteiger partial charge on any atom is 0.335 e. The average molecular weight is 295 g/mol. The highest BCUT2D eigenvalue weighted by Gasteiger charge is 2.12. The Kier molecular flexibility index (Phi) is 3.82. The second-order valence-corrected chi connectivity index (χ2v) is 4.63. The molecule has 3 aromatic rings. The molecule has 0 aliphatic carbocycles. The second kappa shape index (κ2) is 6.09. The Morgan fingerprint density at radius 1 is 1.18 bits per heavy atom. The molecule has 0 saturated heterocycles. The van der Waals surface area contributed by atoms with Crippen molar-refractivity contribution in [3.05, 3.63) is 66.0 Å². The number of nitrogens with one attached hydrogen (secondary N) is 1. The molecule has 110 valence electrons. The molecule has 0 radical (unpaired) electrons. The van der Waals surface area contributed by atoms with Crippen molar-refractivity contribution in [2.24, 2.45) is 0 Å². The summed E-state index contributed by atoms with van der Waals surface area (Å²) in [5, 5.41) is 19.3. The van der Waals surface area contributed by atoms with Crippen molar-refractivity contribution in [2.75, 3.05) is 0 Å². The smallest absolute Gasteiger partial charge is 0.335 e. The minimum Gasteiger partial charge on any atom is -0.486 e. The van der Waals surface area contributed by atoms with E-state index in [0.29, 0.717) is 11.4 Å². The standard InChI is InChI=1S/C16H13N3O3/c20-16(21)12-6-7-14(11-4-2-1-3-5-11)15(8-12)22-10-13-9-17-19-18-13/h1-9H,10H2,(H,20,21)(H,17,18,19). The van der Waals surface area contributed by atoms with Crippen molar-refractivity contribution >= 4 is 5.97 Å². The highest BCUT2D eigenvalue weighted by Crippen LogP contribution is 2.31.